The molecular formula is C12H23NO. The molecule has 0 bridgehead atoms. The van der Waals surface area contributed by atoms with Gasteiger partial charge in [0, 0.05) is 6.54 Å². The van der Waals surface area contributed by atoms with E-state index in [1.807, 2.05) is 0 Å². The van der Waals surface area contributed by atoms with Gasteiger partial charge in [-0.1, -0.05) is 11.6 Å². The molecule has 1 aliphatic rings. The number of allylic oxidation sites excluding steroid dienone is 1. The molecule has 0 aromatic heterocycles. The Labute approximate surface area is 87.7 Å². The second-order valence-corrected chi connectivity index (χ2v) is 4.17. The van der Waals surface area contributed by atoms with E-state index in [1.165, 1.54) is 25.7 Å². The smallest absolute Gasteiger partial charge is 0.0594 e. The largest absolute Gasteiger partial charge is 0.377 e. The van der Waals surface area contributed by atoms with E-state index >= 15 is 0 Å². The Morgan fingerprint density at radius 2 is 2.29 bits per heavy atom. The molecule has 1 aliphatic carbocycles. The zero-order valence-electron chi connectivity index (χ0n) is 9.51. The van der Waals surface area contributed by atoms with Crippen LogP contribution in [-0.2, 0) is 4.74 Å². The number of hydrogen-bond acceptors (Lipinski definition) is 2. The summed E-state index contributed by atoms with van der Waals surface area (Å²) in [5.74, 6) is 0. The van der Waals surface area contributed by atoms with Gasteiger partial charge in [-0.25, -0.2) is 0 Å². The number of rotatable bonds is 7. The maximum absolute atomic E-state index is 5.44. The van der Waals surface area contributed by atoms with Gasteiger partial charge in [-0.2, -0.15) is 0 Å². The normalized spacial score (nSPS) is 16.4. The van der Waals surface area contributed by atoms with Crippen LogP contribution in [0.1, 0.15) is 39.5 Å². The van der Waals surface area contributed by atoms with E-state index in [4.69, 9.17) is 4.74 Å². The predicted octanol–water partition coefficient (Wildman–Crippen LogP) is 2.50. The standard InChI is InChI=1S/C12H23NO/c1-11(2)14-10-9-13-8-7-12-5-3-4-6-12/h5,11,13H,3-4,6-10H2,1-2H3. The minimum absolute atomic E-state index is 0.356. The number of hydrogen-bond donors (Lipinski definition) is 1. The van der Waals surface area contributed by atoms with Gasteiger partial charge in [0.25, 0.3) is 0 Å². The molecule has 0 atom stereocenters. The van der Waals surface area contributed by atoms with Crippen LogP contribution in [0.15, 0.2) is 11.6 Å². The van der Waals surface area contributed by atoms with Gasteiger partial charge in [0.05, 0.1) is 12.7 Å². The van der Waals surface area contributed by atoms with Crippen molar-refractivity contribution in [2.24, 2.45) is 0 Å². The topological polar surface area (TPSA) is 21.3 Å². The maximum Gasteiger partial charge on any atom is 0.0594 e. The minimum Gasteiger partial charge on any atom is -0.377 e. The third-order valence-electron chi connectivity index (χ3n) is 2.49. The van der Waals surface area contributed by atoms with Gasteiger partial charge in [-0.05, 0) is 46.1 Å². The predicted molar refractivity (Wildman–Crippen MR) is 60.5 cm³/mol. The molecule has 1 rings (SSSR count). The first-order chi connectivity index (χ1) is 6.79. The summed E-state index contributed by atoms with van der Waals surface area (Å²) in [6.45, 7) is 7.06. The van der Waals surface area contributed by atoms with Crippen LogP contribution < -0.4 is 5.32 Å². The summed E-state index contributed by atoms with van der Waals surface area (Å²) in [4.78, 5) is 0. The Kier molecular flexibility index (Phi) is 5.88. The molecule has 0 unspecified atom stereocenters. The first kappa shape index (κ1) is 11.7. The van der Waals surface area contributed by atoms with Crippen LogP contribution in [0.2, 0.25) is 0 Å². The lowest BCUT2D eigenvalue weighted by atomic mass is 10.2. The lowest BCUT2D eigenvalue weighted by molar-refractivity contribution is 0.0810. The molecule has 0 fully saturated rings. The fourth-order valence-electron chi connectivity index (χ4n) is 1.71. The van der Waals surface area contributed by atoms with E-state index in [0.717, 1.165) is 19.7 Å². The highest BCUT2D eigenvalue weighted by molar-refractivity contribution is 5.07. The molecule has 0 amide bonds. The number of ether oxygens (including phenoxy) is 1. The Hall–Kier alpha value is -0.340. The second-order valence-electron chi connectivity index (χ2n) is 4.17. The zero-order chi connectivity index (χ0) is 10.2. The SMILES string of the molecule is CC(C)OCCNCCC1=CCCC1. The van der Waals surface area contributed by atoms with Crippen molar-refractivity contribution in [3.63, 3.8) is 0 Å². The Bertz CT molecular complexity index is 175. The van der Waals surface area contributed by atoms with Crippen LogP contribution in [0, 0.1) is 0 Å². The molecule has 82 valence electrons. The summed E-state index contributed by atoms with van der Waals surface area (Å²) in [6.07, 6.45) is 7.96. The van der Waals surface area contributed by atoms with E-state index in [9.17, 15) is 0 Å². The van der Waals surface area contributed by atoms with Crippen LogP contribution in [0.3, 0.4) is 0 Å². The zero-order valence-corrected chi connectivity index (χ0v) is 9.51. The van der Waals surface area contributed by atoms with Crippen molar-refractivity contribution in [2.75, 3.05) is 19.7 Å². The summed E-state index contributed by atoms with van der Waals surface area (Å²) in [6, 6.07) is 0. The monoisotopic (exact) mass is 197 g/mol. The highest BCUT2D eigenvalue weighted by Gasteiger charge is 2.03. The third-order valence-corrected chi connectivity index (χ3v) is 2.49. The average molecular weight is 197 g/mol. The molecule has 0 saturated carbocycles. The third kappa shape index (κ3) is 5.40. The first-order valence-corrected chi connectivity index (χ1v) is 5.79. The minimum atomic E-state index is 0.356. The summed E-state index contributed by atoms with van der Waals surface area (Å²) in [5.41, 5.74) is 1.64. The fraction of sp³-hybridized carbons (Fsp3) is 0.833. The summed E-state index contributed by atoms with van der Waals surface area (Å²) >= 11 is 0. The van der Waals surface area contributed by atoms with Crippen molar-refractivity contribution in [2.45, 2.75) is 45.6 Å². The van der Waals surface area contributed by atoms with Gasteiger partial charge in [-0.15, -0.1) is 0 Å². The molecule has 0 aliphatic heterocycles. The van der Waals surface area contributed by atoms with E-state index in [0.29, 0.717) is 6.10 Å². The lowest BCUT2D eigenvalue weighted by Crippen LogP contribution is -2.22. The van der Waals surface area contributed by atoms with Crippen molar-refractivity contribution in [1.82, 2.24) is 5.32 Å². The van der Waals surface area contributed by atoms with Gasteiger partial charge < -0.3 is 10.1 Å². The second kappa shape index (κ2) is 7.02. The molecule has 1 N–H and O–H groups in total. The van der Waals surface area contributed by atoms with E-state index < -0.39 is 0 Å². The highest BCUT2D eigenvalue weighted by Crippen LogP contribution is 2.19. The molecule has 0 aromatic rings. The molecule has 0 spiro atoms. The summed E-state index contributed by atoms with van der Waals surface area (Å²) in [5, 5.41) is 3.40. The van der Waals surface area contributed by atoms with Crippen LogP contribution >= 0.6 is 0 Å². The number of nitrogens with one attached hydrogen (secondary N) is 1. The Morgan fingerprint density at radius 3 is 2.93 bits per heavy atom. The average Bonchev–Trinajstić information content (AvgIpc) is 2.63. The van der Waals surface area contributed by atoms with E-state index in [2.05, 4.69) is 25.2 Å². The van der Waals surface area contributed by atoms with Gasteiger partial charge in [0.15, 0.2) is 0 Å². The van der Waals surface area contributed by atoms with Crippen molar-refractivity contribution in [1.29, 1.82) is 0 Å². The molecule has 14 heavy (non-hydrogen) atoms. The Balaban J connectivity index is 1.84. The van der Waals surface area contributed by atoms with Crippen LogP contribution in [0.25, 0.3) is 0 Å². The molecule has 0 aromatic carbocycles. The first-order valence-electron chi connectivity index (χ1n) is 5.79. The van der Waals surface area contributed by atoms with Gasteiger partial charge in [-0.3, -0.25) is 0 Å². The van der Waals surface area contributed by atoms with Crippen molar-refractivity contribution >= 4 is 0 Å². The molecule has 0 radical (unpaired) electrons. The van der Waals surface area contributed by atoms with Gasteiger partial charge >= 0.3 is 0 Å². The van der Waals surface area contributed by atoms with Crippen molar-refractivity contribution in [3.05, 3.63) is 11.6 Å². The summed E-state index contributed by atoms with van der Waals surface area (Å²) in [7, 11) is 0. The highest BCUT2D eigenvalue weighted by atomic mass is 16.5. The fourth-order valence-corrected chi connectivity index (χ4v) is 1.71. The van der Waals surface area contributed by atoms with Crippen molar-refractivity contribution < 1.29 is 4.74 Å². The molecule has 0 heterocycles. The van der Waals surface area contributed by atoms with Gasteiger partial charge in [0.1, 0.15) is 0 Å². The Morgan fingerprint density at radius 1 is 1.43 bits per heavy atom. The molecule has 0 saturated heterocycles. The van der Waals surface area contributed by atoms with E-state index in [1.54, 1.807) is 5.57 Å². The van der Waals surface area contributed by atoms with Crippen LogP contribution in [-0.4, -0.2) is 25.8 Å². The maximum atomic E-state index is 5.44. The van der Waals surface area contributed by atoms with Crippen molar-refractivity contribution in [3.8, 4) is 0 Å². The van der Waals surface area contributed by atoms with Gasteiger partial charge in [0.2, 0.25) is 0 Å². The quantitative estimate of drug-likeness (QED) is 0.500. The van der Waals surface area contributed by atoms with Crippen LogP contribution in [0.4, 0.5) is 0 Å². The summed E-state index contributed by atoms with van der Waals surface area (Å²) < 4.78 is 5.44. The molecule has 2 heteroatoms. The lowest BCUT2D eigenvalue weighted by Gasteiger charge is -2.08. The molecular weight excluding hydrogens is 174 g/mol. The molecule has 2 nitrogen and oxygen atoms in total. The van der Waals surface area contributed by atoms with Crippen LogP contribution in [0.5, 0.6) is 0 Å². The van der Waals surface area contributed by atoms with E-state index in [-0.39, 0.29) is 0 Å².